The highest BCUT2D eigenvalue weighted by atomic mass is 32.2. The fourth-order valence-electron chi connectivity index (χ4n) is 2.49. The van der Waals surface area contributed by atoms with Gasteiger partial charge >= 0.3 is 0 Å². The molecule has 0 aromatic heterocycles. The maximum absolute atomic E-state index is 5.65. The van der Waals surface area contributed by atoms with Gasteiger partial charge in [0.1, 0.15) is 0 Å². The largest absolute Gasteiger partial charge is 0.326 e. The second kappa shape index (κ2) is 6.46. The summed E-state index contributed by atoms with van der Waals surface area (Å²) in [5.41, 5.74) is 9.78. The van der Waals surface area contributed by atoms with E-state index in [1.54, 1.807) is 0 Å². The van der Waals surface area contributed by atoms with Crippen LogP contribution in [-0.2, 0) is 12.3 Å². The van der Waals surface area contributed by atoms with Crippen LogP contribution in [0.3, 0.4) is 0 Å². The van der Waals surface area contributed by atoms with Gasteiger partial charge in [-0.3, -0.25) is 0 Å². The zero-order valence-electron chi connectivity index (χ0n) is 10.7. The first kappa shape index (κ1) is 13.0. The summed E-state index contributed by atoms with van der Waals surface area (Å²) in [5.74, 6) is 1.17. The molecule has 1 aromatic carbocycles. The first-order chi connectivity index (χ1) is 8.29. The predicted molar refractivity (Wildman–Crippen MR) is 77.2 cm³/mol. The van der Waals surface area contributed by atoms with Crippen molar-refractivity contribution in [2.75, 3.05) is 0 Å². The minimum atomic E-state index is 0.650. The summed E-state index contributed by atoms with van der Waals surface area (Å²) >= 11 is 2.15. The number of aryl methyl sites for hydroxylation is 1. The molecule has 2 rings (SSSR count). The Morgan fingerprint density at radius 2 is 2.00 bits per heavy atom. The molecule has 2 N–H and O–H groups in total. The highest BCUT2D eigenvalue weighted by Crippen LogP contribution is 2.31. The van der Waals surface area contributed by atoms with Crippen molar-refractivity contribution in [3.8, 4) is 0 Å². The number of rotatable bonds is 4. The number of thioether (sulfide) groups is 1. The summed E-state index contributed by atoms with van der Waals surface area (Å²) in [7, 11) is 0. The lowest BCUT2D eigenvalue weighted by Crippen LogP contribution is -2.08. The molecule has 94 valence electrons. The van der Waals surface area contributed by atoms with Crippen LogP contribution in [0.5, 0.6) is 0 Å². The number of hydrogen-bond acceptors (Lipinski definition) is 2. The molecular formula is C15H23NS. The van der Waals surface area contributed by atoms with Gasteiger partial charge in [0.25, 0.3) is 0 Å². The lowest BCUT2D eigenvalue weighted by Gasteiger charge is -2.21. The smallest absolute Gasteiger partial charge is 0.0189 e. The van der Waals surface area contributed by atoms with Crippen molar-refractivity contribution in [1.82, 2.24) is 0 Å². The molecule has 0 atom stereocenters. The van der Waals surface area contributed by atoms with E-state index in [0.29, 0.717) is 6.54 Å². The summed E-state index contributed by atoms with van der Waals surface area (Å²) in [5, 5.41) is 0.900. The summed E-state index contributed by atoms with van der Waals surface area (Å²) in [6, 6.07) is 6.66. The zero-order valence-corrected chi connectivity index (χ0v) is 11.6. The average molecular weight is 249 g/mol. The van der Waals surface area contributed by atoms with Gasteiger partial charge in [-0.25, -0.2) is 0 Å². The van der Waals surface area contributed by atoms with E-state index in [0.717, 1.165) is 5.25 Å². The van der Waals surface area contributed by atoms with Crippen LogP contribution in [0.4, 0.5) is 0 Å². The Hall–Kier alpha value is -0.470. The molecule has 0 bridgehead atoms. The molecule has 1 saturated carbocycles. The molecule has 0 saturated heterocycles. The van der Waals surface area contributed by atoms with Gasteiger partial charge in [-0.05, 0) is 36.5 Å². The summed E-state index contributed by atoms with van der Waals surface area (Å²) in [6.07, 6.45) is 7.15. The van der Waals surface area contributed by atoms with E-state index < -0.39 is 0 Å². The first-order valence-electron chi connectivity index (χ1n) is 6.69. The fourth-order valence-corrected chi connectivity index (χ4v) is 3.89. The zero-order chi connectivity index (χ0) is 12.1. The standard InChI is InChI=1S/C15H23NS/c1-12-9-13(10-16)7-8-14(12)11-17-15-5-3-2-4-6-15/h7-9,15H,2-6,10-11,16H2,1H3. The van der Waals surface area contributed by atoms with Crippen molar-refractivity contribution in [3.63, 3.8) is 0 Å². The first-order valence-corrected chi connectivity index (χ1v) is 7.74. The van der Waals surface area contributed by atoms with E-state index in [-0.39, 0.29) is 0 Å². The van der Waals surface area contributed by atoms with Crippen LogP contribution in [0.25, 0.3) is 0 Å². The average Bonchev–Trinajstić information content (AvgIpc) is 2.38. The molecule has 1 aliphatic carbocycles. The van der Waals surface area contributed by atoms with Crippen molar-refractivity contribution in [2.45, 2.75) is 56.6 Å². The quantitative estimate of drug-likeness (QED) is 0.872. The van der Waals surface area contributed by atoms with Gasteiger partial charge in [0.15, 0.2) is 0 Å². The van der Waals surface area contributed by atoms with Crippen molar-refractivity contribution >= 4 is 11.8 Å². The monoisotopic (exact) mass is 249 g/mol. The fraction of sp³-hybridized carbons (Fsp3) is 0.600. The van der Waals surface area contributed by atoms with Crippen LogP contribution < -0.4 is 5.73 Å². The molecule has 1 fully saturated rings. The van der Waals surface area contributed by atoms with Gasteiger partial charge in [-0.2, -0.15) is 11.8 Å². The Morgan fingerprint density at radius 1 is 1.24 bits per heavy atom. The minimum absolute atomic E-state index is 0.650. The highest BCUT2D eigenvalue weighted by Gasteiger charge is 2.13. The van der Waals surface area contributed by atoms with E-state index >= 15 is 0 Å². The summed E-state index contributed by atoms with van der Waals surface area (Å²) < 4.78 is 0. The number of nitrogens with two attached hydrogens (primary N) is 1. The summed E-state index contributed by atoms with van der Waals surface area (Å²) in [4.78, 5) is 0. The van der Waals surface area contributed by atoms with Crippen molar-refractivity contribution in [2.24, 2.45) is 5.73 Å². The third-order valence-corrected chi connectivity index (χ3v) is 5.09. The van der Waals surface area contributed by atoms with Gasteiger partial charge in [0, 0.05) is 17.5 Å². The SMILES string of the molecule is Cc1cc(CN)ccc1CSC1CCCCC1. The molecule has 0 spiro atoms. The Kier molecular flexibility index (Phi) is 4.93. The van der Waals surface area contributed by atoms with Gasteiger partial charge in [0.2, 0.25) is 0 Å². The molecular weight excluding hydrogens is 226 g/mol. The van der Waals surface area contributed by atoms with Crippen LogP contribution >= 0.6 is 11.8 Å². The van der Waals surface area contributed by atoms with Crippen molar-refractivity contribution < 1.29 is 0 Å². The van der Waals surface area contributed by atoms with E-state index in [2.05, 4.69) is 36.9 Å². The highest BCUT2D eigenvalue weighted by molar-refractivity contribution is 7.99. The second-order valence-electron chi connectivity index (χ2n) is 5.04. The Morgan fingerprint density at radius 3 is 2.65 bits per heavy atom. The number of hydrogen-bond donors (Lipinski definition) is 1. The van der Waals surface area contributed by atoms with Crippen molar-refractivity contribution in [1.29, 1.82) is 0 Å². The third-order valence-electron chi connectivity index (χ3n) is 3.67. The molecule has 0 aliphatic heterocycles. The molecule has 0 heterocycles. The maximum Gasteiger partial charge on any atom is 0.0189 e. The van der Waals surface area contributed by atoms with E-state index in [9.17, 15) is 0 Å². The van der Waals surface area contributed by atoms with Crippen LogP contribution in [-0.4, -0.2) is 5.25 Å². The Balaban J connectivity index is 1.89. The molecule has 2 heteroatoms. The third kappa shape index (κ3) is 3.75. The van der Waals surface area contributed by atoms with Gasteiger partial charge in [-0.1, -0.05) is 37.5 Å². The molecule has 1 aromatic rings. The maximum atomic E-state index is 5.65. The topological polar surface area (TPSA) is 26.0 Å². The normalized spacial score (nSPS) is 17.3. The minimum Gasteiger partial charge on any atom is -0.326 e. The summed E-state index contributed by atoms with van der Waals surface area (Å²) in [6.45, 7) is 2.85. The molecule has 1 aliphatic rings. The van der Waals surface area contributed by atoms with Crippen LogP contribution in [0.1, 0.15) is 48.8 Å². The Labute approximate surface area is 109 Å². The molecule has 1 nitrogen and oxygen atoms in total. The lowest BCUT2D eigenvalue weighted by molar-refractivity contribution is 0.516. The van der Waals surface area contributed by atoms with E-state index in [1.807, 2.05) is 0 Å². The molecule has 0 unspecified atom stereocenters. The van der Waals surface area contributed by atoms with E-state index in [1.165, 1.54) is 54.5 Å². The second-order valence-corrected chi connectivity index (χ2v) is 6.32. The molecule has 0 amide bonds. The van der Waals surface area contributed by atoms with E-state index in [4.69, 9.17) is 5.73 Å². The van der Waals surface area contributed by atoms with Crippen LogP contribution in [0, 0.1) is 6.92 Å². The van der Waals surface area contributed by atoms with Crippen molar-refractivity contribution in [3.05, 3.63) is 34.9 Å². The Bertz CT molecular complexity index is 356. The predicted octanol–water partition coefficient (Wildman–Crippen LogP) is 4.02. The van der Waals surface area contributed by atoms with Crippen LogP contribution in [0.15, 0.2) is 18.2 Å². The molecule has 17 heavy (non-hydrogen) atoms. The molecule has 0 radical (unpaired) electrons. The number of benzene rings is 1. The van der Waals surface area contributed by atoms with Gasteiger partial charge < -0.3 is 5.73 Å². The van der Waals surface area contributed by atoms with Crippen LogP contribution in [0.2, 0.25) is 0 Å². The van der Waals surface area contributed by atoms with Gasteiger partial charge in [0.05, 0.1) is 0 Å². The van der Waals surface area contributed by atoms with Gasteiger partial charge in [-0.15, -0.1) is 0 Å². The lowest BCUT2D eigenvalue weighted by atomic mass is 10.0.